The summed E-state index contributed by atoms with van der Waals surface area (Å²) in [4.78, 5) is 20.0. The Hall–Kier alpha value is -2.77. The fourth-order valence-electron chi connectivity index (χ4n) is 5.09. The number of benzene rings is 1. The number of hydrogen-bond donors (Lipinski definition) is 2. The largest absolute Gasteiger partial charge is 0.314 e. The number of aromatic nitrogens is 3. The van der Waals surface area contributed by atoms with Crippen LogP contribution in [0.15, 0.2) is 35.1 Å². The molecule has 0 amide bonds. The van der Waals surface area contributed by atoms with Gasteiger partial charge in [0.1, 0.15) is 0 Å². The van der Waals surface area contributed by atoms with Crippen molar-refractivity contribution in [3.63, 3.8) is 0 Å². The van der Waals surface area contributed by atoms with E-state index in [9.17, 15) is 4.79 Å². The van der Waals surface area contributed by atoms with Gasteiger partial charge in [0, 0.05) is 37.8 Å². The van der Waals surface area contributed by atoms with Crippen molar-refractivity contribution in [2.75, 3.05) is 26.2 Å². The van der Waals surface area contributed by atoms with E-state index < -0.39 is 11.2 Å². The number of aryl methyl sites for hydroxylation is 1. The first-order valence-corrected chi connectivity index (χ1v) is 10.1. The highest BCUT2D eigenvalue weighted by molar-refractivity contribution is 5.84. The fourth-order valence-corrected chi connectivity index (χ4v) is 5.09. The number of piperazine rings is 1. The molecule has 148 valence electrons. The summed E-state index contributed by atoms with van der Waals surface area (Å²) in [5, 5.41) is 8.54. The lowest BCUT2D eigenvalue weighted by Gasteiger charge is -2.35. The minimum absolute atomic E-state index is 0.157. The number of halogens is 1. The van der Waals surface area contributed by atoms with Crippen LogP contribution in [0.3, 0.4) is 0 Å². The minimum Gasteiger partial charge on any atom is -0.314 e. The number of H-pyrrole nitrogens is 1. The monoisotopic (exact) mass is 391 g/mol. The first-order valence-electron chi connectivity index (χ1n) is 10.1. The highest BCUT2D eigenvalue weighted by atomic mass is 19.1. The second kappa shape index (κ2) is 5.64. The summed E-state index contributed by atoms with van der Waals surface area (Å²) < 4.78 is 17.4. The topological polar surface area (TPSA) is 66.0 Å². The maximum absolute atomic E-state index is 15.8. The van der Waals surface area contributed by atoms with E-state index in [-0.39, 0.29) is 5.56 Å². The highest BCUT2D eigenvalue weighted by Crippen LogP contribution is 2.58. The molecule has 3 aromatic rings. The van der Waals surface area contributed by atoms with Crippen LogP contribution in [0.2, 0.25) is 0 Å². The number of pyridine rings is 1. The zero-order valence-corrected chi connectivity index (χ0v) is 16.2. The molecule has 0 radical (unpaired) electrons. The van der Waals surface area contributed by atoms with Crippen molar-refractivity contribution >= 4 is 23.1 Å². The van der Waals surface area contributed by atoms with Gasteiger partial charge in [-0.25, -0.2) is 9.07 Å². The average molecular weight is 391 g/mol. The molecule has 29 heavy (non-hydrogen) atoms. The molecular formula is C22H22FN5O. The highest BCUT2D eigenvalue weighted by Gasteiger charge is 2.70. The molecule has 6 rings (SSSR count). The van der Waals surface area contributed by atoms with Crippen molar-refractivity contribution in [1.82, 2.24) is 25.0 Å². The Kier molecular flexibility index (Phi) is 3.33. The number of hydrogen-bond acceptors (Lipinski definition) is 4. The van der Waals surface area contributed by atoms with Gasteiger partial charge in [0.2, 0.25) is 0 Å². The third-order valence-electron chi connectivity index (χ3n) is 6.65. The van der Waals surface area contributed by atoms with Gasteiger partial charge in [-0.05, 0) is 31.2 Å². The molecule has 6 nitrogen and oxygen atoms in total. The minimum atomic E-state index is -1.41. The van der Waals surface area contributed by atoms with Gasteiger partial charge in [0.25, 0.3) is 5.56 Å². The van der Waals surface area contributed by atoms with Gasteiger partial charge < -0.3 is 5.32 Å². The zero-order chi connectivity index (χ0) is 19.8. The van der Waals surface area contributed by atoms with Crippen LogP contribution in [0, 0.1) is 6.92 Å². The molecule has 2 fully saturated rings. The number of nitrogens with one attached hydrogen (secondary N) is 2. The smallest absolute Gasteiger partial charge is 0.280 e. The number of rotatable bonds is 2. The number of nitrogens with zero attached hydrogens (tertiary/aromatic N) is 3. The third-order valence-corrected chi connectivity index (χ3v) is 6.65. The summed E-state index contributed by atoms with van der Waals surface area (Å²) >= 11 is 0. The van der Waals surface area contributed by atoms with Gasteiger partial charge in [-0.2, -0.15) is 0 Å². The van der Waals surface area contributed by atoms with Crippen LogP contribution in [-0.2, 0) is 0 Å². The number of alkyl halides is 1. The fraction of sp³-hybridized carbons (Fsp3) is 0.364. The molecular weight excluding hydrogens is 369 g/mol. The molecule has 1 aliphatic heterocycles. The van der Waals surface area contributed by atoms with Crippen molar-refractivity contribution in [2.45, 2.75) is 24.6 Å². The molecule has 7 heteroatoms. The van der Waals surface area contributed by atoms with E-state index >= 15 is 4.39 Å². The van der Waals surface area contributed by atoms with E-state index in [0.717, 1.165) is 37.2 Å². The van der Waals surface area contributed by atoms with Crippen LogP contribution >= 0.6 is 0 Å². The Morgan fingerprint density at radius 3 is 2.66 bits per heavy atom. The van der Waals surface area contributed by atoms with Crippen molar-refractivity contribution < 1.29 is 4.39 Å². The van der Waals surface area contributed by atoms with Crippen molar-refractivity contribution in [1.29, 1.82) is 0 Å². The standard InChI is InChI=1S/C22H22FN5O/c1-14-18-19(26-28(20(18)29)15-5-3-2-4-6-15)16-11-21(23)13-22(21,12-17(16)25-14)27-9-7-24-8-10-27/h2-6,11-12,24,26H,7-10,13H2,1H3. The number of fused-ring (bicyclic) bond motifs is 4. The Bertz CT molecular complexity index is 1320. The lowest BCUT2D eigenvalue weighted by atomic mass is 10.0. The molecule has 0 spiro atoms. The molecule has 2 atom stereocenters. The Morgan fingerprint density at radius 2 is 1.90 bits per heavy atom. The first-order chi connectivity index (χ1) is 14.0. The second-order valence-electron chi connectivity index (χ2n) is 8.32. The van der Waals surface area contributed by atoms with Gasteiger partial charge >= 0.3 is 0 Å². The molecule has 2 unspecified atom stereocenters. The van der Waals surface area contributed by atoms with Crippen LogP contribution in [0.4, 0.5) is 4.39 Å². The summed E-state index contributed by atoms with van der Waals surface area (Å²) in [7, 11) is 0. The maximum atomic E-state index is 15.8. The Morgan fingerprint density at radius 1 is 1.14 bits per heavy atom. The van der Waals surface area contributed by atoms with E-state index in [1.165, 1.54) is 4.68 Å². The van der Waals surface area contributed by atoms with E-state index in [1.54, 1.807) is 6.08 Å². The molecule has 2 aromatic heterocycles. The summed E-state index contributed by atoms with van der Waals surface area (Å²) in [5.74, 6) is 0. The predicted molar refractivity (Wildman–Crippen MR) is 110 cm³/mol. The van der Waals surface area contributed by atoms with E-state index in [2.05, 4.69) is 15.3 Å². The van der Waals surface area contributed by atoms with Crippen LogP contribution in [0.5, 0.6) is 0 Å². The molecule has 2 N–H and O–H groups in total. The Labute approximate surface area is 166 Å². The first kappa shape index (κ1) is 17.1. The summed E-state index contributed by atoms with van der Waals surface area (Å²) in [6.07, 6.45) is 4.14. The zero-order valence-electron chi connectivity index (χ0n) is 16.2. The maximum Gasteiger partial charge on any atom is 0.280 e. The lowest BCUT2D eigenvalue weighted by Crippen LogP contribution is -2.54. The molecule has 3 aliphatic rings. The van der Waals surface area contributed by atoms with Crippen molar-refractivity contribution in [2.24, 2.45) is 0 Å². The average Bonchev–Trinajstić information content (AvgIpc) is 3.21. The molecule has 1 saturated heterocycles. The molecule has 1 aromatic carbocycles. The molecule has 3 heterocycles. The van der Waals surface area contributed by atoms with E-state index in [0.29, 0.717) is 28.2 Å². The predicted octanol–water partition coefficient (Wildman–Crippen LogP) is 0.353. The Balaban J connectivity index is 1.60. The van der Waals surface area contributed by atoms with Crippen LogP contribution < -0.4 is 21.4 Å². The van der Waals surface area contributed by atoms with Gasteiger partial charge in [-0.3, -0.25) is 19.8 Å². The van der Waals surface area contributed by atoms with Crippen LogP contribution in [0.25, 0.3) is 28.7 Å². The summed E-state index contributed by atoms with van der Waals surface area (Å²) in [5.41, 5.74) is -0.0877. The molecule has 2 aliphatic carbocycles. The summed E-state index contributed by atoms with van der Waals surface area (Å²) in [6.45, 7) is 5.25. The van der Waals surface area contributed by atoms with Crippen LogP contribution in [0.1, 0.15) is 12.1 Å². The van der Waals surface area contributed by atoms with Gasteiger partial charge in [-0.15, -0.1) is 0 Å². The van der Waals surface area contributed by atoms with Crippen LogP contribution in [-0.4, -0.2) is 57.1 Å². The quantitative estimate of drug-likeness (QED) is 0.662. The van der Waals surface area contributed by atoms with Gasteiger partial charge in [0.05, 0.1) is 33.2 Å². The normalized spacial score (nSPS) is 28.3. The SMILES string of the molecule is Cc1nc2c(c3[nH]n(-c4ccccc4)c(=O)c13)=CC1(F)CC1(N1CCNCC1)C=2. The molecule has 0 bridgehead atoms. The van der Waals surface area contributed by atoms with Gasteiger partial charge in [0.15, 0.2) is 5.67 Å². The van der Waals surface area contributed by atoms with E-state index in [4.69, 9.17) is 4.98 Å². The molecule has 1 saturated carbocycles. The van der Waals surface area contributed by atoms with Gasteiger partial charge in [-0.1, -0.05) is 18.2 Å². The number of para-hydroxylation sites is 1. The lowest BCUT2D eigenvalue weighted by molar-refractivity contribution is 0.158. The van der Waals surface area contributed by atoms with Crippen molar-refractivity contribution in [3.8, 4) is 5.69 Å². The number of aromatic amines is 1. The van der Waals surface area contributed by atoms with Crippen molar-refractivity contribution in [3.05, 3.63) is 56.9 Å². The second-order valence-corrected chi connectivity index (χ2v) is 8.32. The summed E-state index contributed by atoms with van der Waals surface area (Å²) in [6, 6.07) is 9.42. The third kappa shape index (κ3) is 2.22. The van der Waals surface area contributed by atoms with E-state index in [1.807, 2.05) is 43.3 Å².